The third-order valence-corrected chi connectivity index (χ3v) is 1.51. The number of halogens is 1. The van der Waals surface area contributed by atoms with Crippen LogP contribution in [0.3, 0.4) is 0 Å². The maximum Gasteiger partial charge on any atom is 0.546 e. The Balaban J connectivity index is 2.75. The van der Waals surface area contributed by atoms with Crippen molar-refractivity contribution in [2.75, 3.05) is 0 Å². The van der Waals surface area contributed by atoms with E-state index in [-0.39, 0.29) is 11.1 Å². The number of para-hydroxylation sites is 1. The predicted octanol–water partition coefficient (Wildman–Crippen LogP) is 1.88. The van der Waals surface area contributed by atoms with Crippen molar-refractivity contribution >= 4 is 17.1 Å². The zero-order chi connectivity index (χ0) is 9.42. The van der Waals surface area contributed by atoms with E-state index >= 15 is 0 Å². The van der Waals surface area contributed by atoms with Gasteiger partial charge in [0.25, 0.3) is 5.52 Å². The summed E-state index contributed by atoms with van der Waals surface area (Å²) in [4.78, 5) is 12.8. The number of fused-ring (bicyclic) bond motifs is 1. The number of rotatable bonds is 1. The molecule has 5 nitrogen and oxygen atoms in total. The molecule has 0 aliphatic heterocycles. The van der Waals surface area contributed by atoms with Gasteiger partial charge in [-0.15, -0.1) is 0 Å². The fourth-order valence-corrected chi connectivity index (χ4v) is 0.981. The number of hydrogen-bond donors (Lipinski definition) is 0. The van der Waals surface area contributed by atoms with Crippen LogP contribution in [-0.2, 0) is 0 Å². The van der Waals surface area contributed by atoms with Crippen molar-refractivity contribution in [1.82, 2.24) is 4.98 Å². The minimum absolute atomic E-state index is 0.0756. The Morgan fingerprint density at radius 3 is 2.92 bits per heavy atom. The molecule has 0 bridgehead atoms. The highest BCUT2D eigenvalue weighted by atomic mass is 19.1. The summed E-state index contributed by atoms with van der Waals surface area (Å²) in [6.07, 6.45) is 0. The van der Waals surface area contributed by atoms with Crippen LogP contribution in [0.15, 0.2) is 22.6 Å². The topological polar surface area (TPSA) is 69.2 Å². The first-order valence-corrected chi connectivity index (χ1v) is 3.38. The summed E-state index contributed by atoms with van der Waals surface area (Å²) in [5, 5.41) is 10.2. The number of aromatic nitrogens is 1. The lowest BCUT2D eigenvalue weighted by molar-refractivity contribution is -0.406. The molecule has 0 N–H and O–H groups in total. The molecule has 0 radical (unpaired) electrons. The molecule has 2 rings (SSSR count). The summed E-state index contributed by atoms with van der Waals surface area (Å²) in [6.45, 7) is 0. The Hall–Kier alpha value is -1.98. The summed E-state index contributed by atoms with van der Waals surface area (Å²) in [6, 6.07) is 3.28. The molecule has 66 valence electrons. The van der Waals surface area contributed by atoms with Crippen LogP contribution in [-0.4, -0.2) is 9.91 Å². The molecule has 0 aliphatic carbocycles. The van der Waals surface area contributed by atoms with E-state index in [0.717, 1.165) is 6.07 Å². The van der Waals surface area contributed by atoms with Gasteiger partial charge in [0.15, 0.2) is 11.4 Å². The zero-order valence-electron chi connectivity index (χ0n) is 6.23. The number of benzene rings is 1. The lowest BCUT2D eigenvalue weighted by atomic mass is 10.3. The highest BCUT2D eigenvalue weighted by Crippen LogP contribution is 2.21. The van der Waals surface area contributed by atoms with Crippen LogP contribution in [0.5, 0.6) is 0 Å². The molecule has 2 aromatic rings. The van der Waals surface area contributed by atoms with Gasteiger partial charge in [-0.3, -0.25) is 0 Å². The van der Waals surface area contributed by atoms with Gasteiger partial charge in [-0.05, 0) is 12.1 Å². The van der Waals surface area contributed by atoms with Crippen molar-refractivity contribution in [1.29, 1.82) is 0 Å². The lowest BCUT2D eigenvalue weighted by Crippen LogP contribution is -1.86. The Bertz CT molecular complexity index is 480. The van der Waals surface area contributed by atoms with Gasteiger partial charge in [0, 0.05) is 9.91 Å². The van der Waals surface area contributed by atoms with Gasteiger partial charge in [0.05, 0.1) is 0 Å². The van der Waals surface area contributed by atoms with Crippen molar-refractivity contribution in [3.63, 3.8) is 0 Å². The van der Waals surface area contributed by atoms with Crippen LogP contribution in [0.2, 0.25) is 0 Å². The maximum atomic E-state index is 12.9. The molecule has 0 fully saturated rings. The highest BCUT2D eigenvalue weighted by molar-refractivity contribution is 5.73. The molecule has 0 spiro atoms. The minimum Gasteiger partial charge on any atom is -0.381 e. The number of hydrogen-bond acceptors (Lipinski definition) is 4. The van der Waals surface area contributed by atoms with Gasteiger partial charge in [-0.2, -0.15) is 0 Å². The van der Waals surface area contributed by atoms with Crippen molar-refractivity contribution < 1.29 is 13.7 Å². The normalized spacial score (nSPS) is 10.5. The molecule has 0 unspecified atom stereocenters. The van der Waals surface area contributed by atoms with Crippen LogP contribution in [0.4, 0.5) is 10.4 Å². The third kappa shape index (κ3) is 1.12. The molecule has 1 aromatic heterocycles. The second-order valence-corrected chi connectivity index (χ2v) is 2.34. The van der Waals surface area contributed by atoms with E-state index in [0.29, 0.717) is 0 Å². The summed E-state index contributed by atoms with van der Waals surface area (Å²) >= 11 is 0. The van der Waals surface area contributed by atoms with Gasteiger partial charge in [-0.1, -0.05) is 6.07 Å². The molecule has 13 heavy (non-hydrogen) atoms. The number of oxazole rings is 1. The number of nitrogens with zero attached hydrogens (tertiary/aromatic N) is 2. The van der Waals surface area contributed by atoms with Crippen LogP contribution >= 0.6 is 0 Å². The fourth-order valence-electron chi connectivity index (χ4n) is 0.981. The largest absolute Gasteiger partial charge is 0.546 e. The average Bonchev–Trinajstić information content (AvgIpc) is 2.49. The molecule has 6 heteroatoms. The quantitative estimate of drug-likeness (QED) is 0.498. The summed E-state index contributed by atoms with van der Waals surface area (Å²) in [5.41, 5.74) is -0.0408. The van der Waals surface area contributed by atoms with Gasteiger partial charge in [0.1, 0.15) is 0 Å². The Kier molecular flexibility index (Phi) is 1.48. The van der Waals surface area contributed by atoms with Gasteiger partial charge >= 0.3 is 6.01 Å². The molecule has 1 heterocycles. The predicted molar refractivity (Wildman–Crippen MR) is 40.6 cm³/mol. The molecular weight excluding hydrogens is 179 g/mol. The lowest BCUT2D eigenvalue weighted by Gasteiger charge is -1.81. The van der Waals surface area contributed by atoms with Crippen LogP contribution < -0.4 is 0 Å². The van der Waals surface area contributed by atoms with Crippen molar-refractivity contribution in [3.8, 4) is 0 Å². The van der Waals surface area contributed by atoms with Crippen LogP contribution in [0.25, 0.3) is 11.1 Å². The molecule has 0 aliphatic rings. The summed E-state index contributed by atoms with van der Waals surface area (Å²) in [7, 11) is 0. The molecule has 1 aromatic carbocycles. The smallest absolute Gasteiger partial charge is 0.381 e. The maximum absolute atomic E-state index is 12.9. The molecule has 0 saturated heterocycles. The Labute approximate surface area is 70.9 Å². The third-order valence-electron chi connectivity index (χ3n) is 1.51. The van der Waals surface area contributed by atoms with E-state index in [1.54, 1.807) is 0 Å². The van der Waals surface area contributed by atoms with Crippen molar-refractivity contribution in [2.24, 2.45) is 0 Å². The second kappa shape index (κ2) is 2.51. The van der Waals surface area contributed by atoms with Gasteiger partial charge in [-0.25, -0.2) is 4.39 Å². The highest BCUT2D eigenvalue weighted by Gasteiger charge is 2.19. The first kappa shape index (κ1) is 7.66. The van der Waals surface area contributed by atoms with Crippen molar-refractivity contribution in [2.45, 2.75) is 0 Å². The molecular formula is C7H3FN2O3. The minimum atomic E-state index is -0.806. The van der Waals surface area contributed by atoms with Gasteiger partial charge in [0.2, 0.25) is 0 Å². The zero-order valence-corrected chi connectivity index (χ0v) is 6.23. The average molecular weight is 182 g/mol. The molecule has 0 atom stereocenters. The SMILES string of the molecule is O=[N+]([O-])c1nc2c(F)cccc2o1. The van der Waals surface area contributed by atoms with Crippen molar-refractivity contribution in [3.05, 3.63) is 34.1 Å². The summed E-state index contributed by atoms with van der Waals surface area (Å²) in [5.74, 6) is -0.630. The van der Waals surface area contributed by atoms with E-state index in [1.807, 2.05) is 0 Å². The fraction of sp³-hybridized carbons (Fsp3) is 0. The van der Waals surface area contributed by atoms with Gasteiger partial charge < -0.3 is 14.5 Å². The summed E-state index contributed by atoms with van der Waals surface area (Å²) < 4.78 is 17.6. The van der Waals surface area contributed by atoms with E-state index < -0.39 is 16.8 Å². The Morgan fingerprint density at radius 2 is 2.31 bits per heavy atom. The molecule has 0 amide bonds. The first-order chi connectivity index (χ1) is 6.18. The number of nitro groups is 1. The van der Waals surface area contributed by atoms with Crippen LogP contribution in [0.1, 0.15) is 0 Å². The Morgan fingerprint density at radius 1 is 1.54 bits per heavy atom. The van der Waals surface area contributed by atoms with Crippen LogP contribution in [0, 0.1) is 15.9 Å². The van der Waals surface area contributed by atoms with E-state index in [2.05, 4.69) is 9.40 Å². The first-order valence-electron chi connectivity index (χ1n) is 3.38. The standard InChI is InChI=1S/C7H3FN2O3/c8-4-2-1-3-5-6(4)9-7(13-5)10(11)12/h1-3H. The molecule has 0 saturated carbocycles. The van der Waals surface area contributed by atoms with E-state index in [4.69, 9.17) is 0 Å². The van der Waals surface area contributed by atoms with E-state index in [9.17, 15) is 14.5 Å². The van der Waals surface area contributed by atoms with E-state index in [1.165, 1.54) is 12.1 Å². The monoisotopic (exact) mass is 182 g/mol. The second-order valence-electron chi connectivity index (χ2n) is 2.34.